The molecular formula is C9H8N4O5. The first-order valence-electron chi connectivity index (χ1n) is 4.59. The number of nitro benzene ring substituents is 2. The number of rotatable bonds is 4. The molecule has 0 heterocycles. The van der Waals surface area contributed by atoms with Gasteiger partial charge >= 0.3 is 5.85 Å². The molecule has 0 aromatic heterocycles. The van der Waals surface area contributed by atoms with Crippen LogP contribution in [0.4, 0.5) is 17.1 Å². The van der Waals surface area contributed by atoms with Gasteiger partial charge in [-0.15, -0.1) is 0 Å². The van der Waals surface area contributed by atoms with E-state index in [1.165, 1.54) is 0 Å². The van der Waals surface area contributed by atoms with E-state index in [-0.39, 0.29) is 5.69 Å². The van der Waals surface area contributed by atoms with Crippen LogP contribution in [0.25, 0.3) is 4.85 Å². The Kier molecular flexibility index (Phi) is 3.44. The highest BCUT2D eigenvalue weighted by Crippen LogP contribution is 2.30. The van der Waals surface area contributed by atoms with E-state index in [1.807, 2.05) is 0 Å². The van der Waals surface area contributed by atoms with Gasteiger partial charge in [-0.3, -0.25) is 30.4 Å². The van der Waals surface area contributed by atoms with Crippen LogP contribution in [0.2, 0.25) is 0 Å². The number of nitrogens with one attached hydrogen (secondary N) is 1. The fourth-order valence-electron chi connectivity index (χ4n) is 1.17. The summed E-state index contributed by atoms with van der Waals surface area (Å²) in [5.74, 6) is -2.03. The third kappa shape index (κ3) is 2.89. The quantitative estimate of drug-likeness (QED) is 0.362. The summed E-state index contributed by atoms with van der Waals surface area (Å²) in [5, 5.41) is 32.9. The van der Waals surface area contributed by atoms with Gasteiger partial charge in [0.2, 0.25) is 0 Å². The Balaban J connectivity index is 3.25. The van der Waals surface area contributed by atoms with Crippen LogP contribution < -0.4 is 5.32 Å². The molecular weight excluding hydrogens is 244 g/mol. The van der Waals surface area contributed by atoms with E-state index in [9.17, 15) is 25.3 Å². The van der Waals surface area contributed by atoms with Crippen LogP contribution in [-0.2, 0) is 0 Å². The molecule has 94 valence electrons. The van der Waals surface area contributed by atoms with Crippen molar-refractivity contribution < 1.29 is 15.0 Å². The number of nitrogens with zero attached hydrogens (tertiary/aromatic N) is 3. The van der Waals surface area contributed by atoms with Crippen molar-refractivity contribution in [2.45, 2.75) is 12.8 Å². The first-order valence-corrected chi connectivity index (χ1v) is 4.59. The number of hydrogen-bond donors (Lipinski definition) is 2. The van der Waals surface area contributed by atoms with Gasteiger partial charge in [-0.05, 0) is 6.07 Å². The molecule has 1 aromatic rings. The van der Waals surface area contributed by atoms with Crippen molar-refractivity contribution in [2.24, 2.45) is 0 Å². The smallest absolute Gasteiger partial charge is 0.306 e. The number of hydrogen-bond acceptors (Lipinski definition) is 6. The minimum absolute atomic E-state index is 0.174. The van der Waals surface area contributed by atoms with Gasteiger partial charge < -0.3 is 5.11 Å². The van der Waals surface area contributed by atoms with Crippen LogP contribution >= 0.6 is 0 Å². The van der Waals surface area contributed by atoms with Gasteiger partial charge in [-0.2, -0.15) is 0 Å². The molecule has 2 N–H and O–H groups in total. The zero-order valence-corrected chi connectivity index (χ0v) is 9.15. The predicted octanol–water partition coefficient (Wildman–Crippen LogP) is 1.50. The monoisotopic (exact) mass is 252 g/mol. The summed E-state index contributed by atoms with van der Waals surface area (Å²) in [7, 11) is 0. The molecule has 0 saturated carbocycles. The highest BCUT2D eigenvalue weighted by atomic mass is 16.6. The van der Waals surface area contributed by atoms with Crippen molar-refractivity contribution in [3.8, 4) is 0 Å². The SMILES string of the molecule is [C-]#[N+]C(C)(O)Nc1ccc([N+](=O)[O-])cc1[N+](=O)[O-]. The topological polar surface area (TPSA) is 123 Å². The Morgan fingerprint density at radius 1 is 1.39 bits per heavy atom. The molecule has 1 rings (SSSR count). The van der Waals surface area contributed by atoms with Crippen molar-refractivity contribution >= 4 is 17.1 Å². The second-order valence-corrected chi connectivity index (χ2v) is 3.47. The van der Waals surface area contributed by atoms with Crippen molar-refractivity contribution in [3.63, 3.8) is 0 Å². The molecule has 0 amide bonds. The fraction of sp³-hybridized carbons (Fsp3) is 0.222. The van der Waals surface area contributed by atoms with Crippen LogP contribution in [-0.4, -0.2) is 20.8 Å². The molecule has 0 bridgehead atoms. The molecule has 0 aliphatic heterocycles. The zero-order valence-electron chi connectivity index (χ0n) is 9.15. The molecule has 0 fully saturated rings. The maximum absolute atomic E-state index is 10.8. The minimum atomic E-state index is -2.03. The maximum Gasteiger partial charge on any atom is 0.415 e. The lowest BCUT2D eigenvalue weighted by molar-refractivity contribution is -0.393. The molecule has 1 aromatic carbocycles. The van der Waals surface area contributed by atoms with Crippen molar-refractivity contribution in [3.05, 3.63) is 49.8 Å². The van der Waals surface area contributed by atoms with Gasteiger partial charge in [0.1, 0.15) is 5.69 Å². The summed E-state index contributed by atoms with van der Waals surface area (Å²) < 4.78 is 0. The van der Waals surface area contributed by atoms with E-state index < -0.39 is 27.1 Å². The van der Waals surface area contributed by atoms with Gasteiger partial charge in [0.05, 0.1) is 22.8 Å². The van der Waals surface area contributed by atoms with Gasteiger partial charge in [-0.1, -0.05) is 0 Å². The van der Waals surface area contributed by atoms with Crippen molar-refractivity contribution in [1.82, 2.24) is 0 Å². The molecule has 1 atom stereocenters. The number of nitro groups is 2. The molecule has 0 saturated heterocycles. The first-order chi connectivity index (χ1) is 8.26. The third-order valence-corrected chi connectivity index (χ3v) is 1.98. The highest BCUT2D eigenvalue weighted by Gasteiger charge is 2.30. The molecule has 0 spiro atoms. The summed E-state index contributed by atoms with van der Waals surface area (Å²) in [5.41, 5.74) is -1.21. The number of benzene rings is 1. The largest absolute Gasteiger partial charge is 0.415 e. The molecule has 0 aliphatic carbocycles. The molecule has 18 heavy (non-hydrogen) atoms. The van der Waals surface area contributed by atoms with Crippen LogP contribution in [0.15, 0.2) is 18.2 Å². The van der Waals surface area contributed by atoms with Crippen LogP contribution in [0.3, 0.4) is 0 Å². The van der Waals surface area contributed by atoms with Crippen molar-refractivity contribution in [1.29, 1.82) is 0 Å². The van der Waals surface area contributed by atoms with Gasteiger partial charge in [0.25, 0.3) is 11.4 Å². The summed E-state index contributed by atoms with van der Waals surface area (Å²) in [6.45, 7) is 7.78. The van der Waals surface area contributed by atoms with Crippen LogP contribution in [0.1, 0.15) is 6.92 Å². The summed E-state index contributed by atoms with van der Waals surface area (Å²) in [4.78, 5) is 22.4. The highest BCUT2D eigenvalue weighted by molar-refractivity contribution is 5.66. The second-order valence-electron chi connectivity index (χ2n) is 3.47. The van der Waals surface area contributed by atoms with E-state index in [2.05, 4.69) is 10.2 Å². The number of non-ortho nitro benzene ring substituents is 1. The molecule has 1 unspecified atom stereocenters. The lowest BCUT2D eigenvalue weighted by Crippen LogP contribution is -2.30. The van der Waals surface area contributed by atoms with Gasteiger partial charge in [-0.25, -0.2) is 6.57 Å². The number of aliphatic hydroxyl groups is 1. The Bertz CT molecular complexity index is 548. The molecule has 9 nitrogen and oxygen atoms in total. The van der Waals surface area contributed by atoms with Gasteiger partial charge in [0.15, 0.2) is 0 Å². The summed E-state index contributed by atoms with van der Waals surface area (Å²) >= 11 is 0. The average molecular weight is 252 g/mol. The standard InChI is InChI=1S/C9H8N4O5/c1-9(14,10-2)11-7-4-3-6(12(15)16)5-8(7)13(17)18/h3-5,11,14H,1H3. The summed E-state index contributed by atoms with van der Waals surface area (Å²) in [6.07, 6.45) is 0. The minimum Gasteiger partial charge on any atom is -0.306 e. The van der Waals surface area contributed by atoms with Crippen LogP contribution in [0.5, 0.6) is 0 Å². The number of anilines is 1. The molecule has 0 aliphatic rings. The molecule has 9 heteroatoms. The Morgan fingerprint density at radius 3 is 2.44 bits per heavy atom. The lowest BCUT2D eigenvalue weighted by Gasteiger charge is -2.12. The van der Waals surface area contributed by atoms with Crippen LogP contribution in [0, 0.1) is 26.8 Å². The fourth-order valence-corrected chi connectivity index (χ4v) is 1.17. The van der Waals surface area contributed by atoms with Gasteiger partial charge in [0, 0.05) is 6.07 Å². The Hall–Kier alpha value is -2.73. The van der Waals surface area contributed by atoms with E-state index in [0.717, 1.165) is 25.1 Å². The first kappa shape index (κ1) is 13.3. The average Bonchev–Trinajstić information content (AvgIpc) is 2.28. The maximum atomic E-state index is 10.8. The zero-order chi connectivity index (χ0) is 13.9. The predicted molar refractivity (Wildman–Crippen MR) is 60.6 cm³/mol. The van der Waals surface area contributed by atoms with Crippen molar-refractivity contribution in [2.75, 3.05) is 5.32 Å². The summed E-state index contributed by atoms with van der Waals surface area (Å²) in [6, 6.07) is 2.85. The van der Waals surface area contributed by atoms with E-state index in [4.69, 9.17) is 6.57 Å². The molecule has 0 radical (unpaired) electrons. The normalized spacial score (nSPS) is 13.2. The van der Waals surface area contributed by atoms with E-state index in [1.54, 1.807) is 0 Å². The third-order valence-electron chi connectivity index (χ3n) is 1.98. The second kappa shape index (κ2) is 4.64. The van der Waals surface area contributed by atoms with E-state index in [0.29, 0.717) is 0 Å². The Morgan fingerprint density at radius 2 is 2.00 bits per heavy atom. The van der Waals surface area contributed by atoms with E-state index >= 15 is 0 Å². The lowest BCUT2D eigenvalue weighted by atomic mass is 10.2. The Labute approximate surface area is 101 Å².